The predicted octanol–water partition coefficient (Wildman–Crippen LogP) is 4.87. The van der Waals surface area contributed by atoms with Gasteiger partial charge in [0.1, 0.15) is 0 Å². The fourth-order valence-corrected chi connectivity index (χ4v) is 4.07. The zero-order chi connectivity index (χ0) is 14.9. The zero-order valence-corrected chi connectivity index (χ0v) is 14.2. The Morgan fingerprint density at radius 2 is 1.60 bits per heavy atom. The molecule has 20 heavy (non-hydrogen) atoms. The van der Waals surface area contributed by atoms with Gasteiger partial charge in [0.25, 0.3) is 10.0 Å². The van der Waals surface area contributed by atoms with E-state index in [1.807, 2.05) is 13.0 Å². The maximum atomic E-state index is 12.3. The first-order valence-electron chi connectivity index (χ1n) is 5.52. The van der Waals surface area contributed by atoms with Crippen LogP contribution in [0.5, 0.6) is 0 Å². The summed E-state index contributed by atoms with van der Waals surface area (Å²) in [5.74, 6) is 0. The quantitative estimate of drug-likeness (QED) is 0.807. The van der Waals surface area contributed by atoms with Gasteiger partial charge in [0, 0.05) is 14.5 Å². The van der Waals surface area contributed by atoms with E-state index >= 15 is 0 Å². The lowest BCUT2D eigenvalue weighted by molar-refractivity contribution is 0.601. The molecule has 0 saturated heterocycles. The number of hydrogen-bond donors (Lipinski definition) is 1. The summed E-state index contributed by atoms with van der Waals surface area (Å²) >= 11 is 15.0. The Bertz CT molecular complexity index is 722. The third-order valence-corrected chi connectivity index (χ3v) is 4.70. The second-order valence-electron chi connectivity index (χ2n) is 4.23. The molecule has 0 heterocycles. The lowest BCUT2D eigenvalue weighted by Crippen LogP contribution is -2.13. The van der Waals surface area contributed by atoms with Crippen LogP contribution in [-0.2, 0) is 10.0 Å². The van der Waals surface area contributed by atoms with Crippen molar-refractivity contribution in [1.29, 1.82) is 0 Å². The molecule has 0 bridgehead atoms. The van der Waals surface area contributed by atoms with Gasteiger partial charge in [0.2, 0.25) is 0 Å². The van der Waals surface area contributed by atoms with Crippen molar-refractivity contribution >= 4 is 54.8 Å². The van der Waals surface area contributed by atoms with Crippen molar-refractivity contribution in [3.05, 3.63) is 56.5 Å². The highest BCUT2D eigenvalue weighted by Gasteiger charge is 2.16. The fourth-order valence-electron chi connectivity index (χ4n) is 1.69. The first kappa shape index (κ1) is 15.6. The van der Waals surface area contributed by atoms with Gasteiger partial charge in [0.15, 0.2) is 0 Å². The summed E-state index contributed by atoms with van der Waals surface area (Å²) in [5, 5.41) is 0.534. The summed E-state index contributed by atoms with van der Waals surface area (Å²) < 4.78 is 27.9. The van der Waals surface area contributed by atoms with E-state index in [2.05, 4.69) is 20.7 Å². The van der Waals surface area contributed by atoms with Crippen molar-refractivity contribution < 1.29 is 8.42 Å². The van der Waals surface area contributed by atoms with E-state index in [0.29, 0.717) is 5.69 Å². The van der Waals surface area contributed by atoms with Crippen molar-refractivity contribution in [2.24, 2.45) is 0 Å². The molecule has 7 heteroatoms. The minimum absolute atomic E-state index is 0.0210. The molecule has 3 nitrogen and oxygen atoms in total. The molecule has 2 aromatic rings. The number of halogens is 3. The molecule has 0 aromatic heterocycles. The molecule has 106 valence electrons. The molecular formula is C13H10BrCl2NO2S. The van der Waals surface area contributed by atoms with Crippen LogP contribution in [0.4, 0.5) is 5.69 Å². The largest absolute Gasteiger partial charge is 0.280 e. The predicted molar refractivity (Wildman–Crippen MR) is 86.1 cm³/mol. The van der Waals surface area contributed by atoms with Crippen LogP contribution in [0.1, 0.15) is 5.56 Å². The molecule has 0 aliphatic heterocycles. The van der Waals surface area contributed by atoms with Gasteiger partial charge in [-0.15, -0.1) is 0 Å². The van der Waals surface area contributed by atoms with Crippen LogP contribution >= 0.6 is 39.1 Å². The molecular weight excluding hydrogens is 385 g/mol. The van der Waals surface area contributed by atoms with Gasteiger partial charge in [-0.1, -0.05) is 39.1 Å². The van der Waals surface area contributed by atoms with Crippen LogP contribution in [-0.4, -0.2) is 8.42 Å². The number of rotatable bonds is 3. The van der Waals surface area contributed by atoms with Gasteiger partial charge in [-0.05, 0) is 48.9 Å². The Kier molecular flexibility index (Phi) is 4.64. The van der Waals surface area contributed by atoms with Crippen LogP contribution in [0.25, 0.3) is 0 Å². The molecule has 0 amide bonds. The first-order valence-corrected chi connectivity index (χ1v) is 8.55. The van der Waals surface area contributed by atoms with E-state index in [0.717, 1.165) is 10.0 Å². The van der Waals surface area contributed by atoms with Gasteiger partial charge in [0.05, 0.1) is 10.6 Å². The van der Waals surface area contributed by atoms with E-state index < -0.39 is 10.0 Å². The third-order valence-electron chi connectivity index (χ3n) is 2.44. The summed E-state index contributed by atoms with van der Waals surface area (Å²) in [6, 6.07) is 9.46. The lowest BCUT2D eigenvalue weighted by atomic mass is 10.2. The number of hydrogen-bond acceptors (Lipinski definition) is 2. The molecule has 0 aliphatic rings. The van der Waals surface area contributed by atoms with Crippen molar-refractivity contribution in [2.75, 3.05) is 4.72 Å². The molecule has 2 rings (SSSR count). The number of benzene rings is 2. The van der Waals surface area contributed by atoms with Gasteiger partial charge in [-0.25, -0.2) is 8.42 Å². The normalized spacial score (nSPS) is 11.4. The van der Waals surface area contributed by atoms with E-state index in [1.54, 1.807) is 12.1 Å². The molecule has 0 saturated carbocycles. The summed E-state index contributed by atoms with van der Waals surface area (Å²) in [6.07, 6.45) is 0. The molecule has 0 spiro atoms. The number of sulfonamides is 1. The highest BCUT2D eigenvalue weighted by molar-refractivity contribution is 9.10. The summed E-state index contributed by atoms with van der Waals surface area (Å²) in [5.41, 5.74) is 1.40. The highest BCUT2D eigenvalue weighted by atomic mass is 79.9. The topological polar surface area (TPSA) is 46.2 Å². The smallest absolute Gasteiger partial charge is 0.261 e. The van der Waals surface area contributed by atoms with E-state index in [4.69, 9.17) is 23.2 Å². The number of nitrogens with one attached hydrogen (secondary N) is 1. The molecule has 0 unspecified atom stereocenters. The number of aryl methyl sites for hydroxylation is 1. The minimum atomic E-state index is -3.73. The summed E-state index contributed by atoms with van der Waals surface area (Å²) in [7, 11) is -3.73. The van der Waals surface area contributed by atoms with Crippen LogP contribution in [0.15, 0.2) is 45.8 Å². The highest BCUT2D eigenvalue weighted by Crippen LogP contribution is 2.25. The Labute approximate surface area is 136 Å². The maximum absolute atomic E-state index is 12.3. The SMILES string of the molecule is Cc1cc(Br)cc(NS(=O)(=O)c2cc(Cl)cc(Cl)c2)c1. The Morgan fingerprint density at radius 1 is 1.00 bits per heavy atom. The fraction of sp³-hybridized carbons (Fsp3) is 0.0769. The van der Waals surface area contributed by atoms with Crippen LogP contribution < -0.4 is 4.72 Å². The Hall–Kier alpha value is -0.750. The van der Waals surface area contributed by atoms with Crippen molar-refractivity contribution in [3.8, 4) is 0 Å². The van der Waals surface area contributed by atoms with Crippen LogP contribution in [0.2, 0.25) is 10.0 Å². The van der Waals surface area contributed by atoms with Gasteiger partial charge in [-0.2, -0.15) is 0 Å². The molecule has 0 radical (unpaired) electrons. The second-order valence-corrected chi connectivity index (χ2v) is 7.70. The van der Waals surface area contributed by atoms with Crippen molar-refractivity contribution in [3.63, 3.8) is 0 Å². The Balaban J connectivity index is 2.40. The van der Waals surface area contributed by atoms with Gasteiger partial charge < -0.3 is 0 Å². The molecule has 0 atom stereocenters. The summed E-state index contributed by atoms with van der Waals surface area (Å²) in [6.45, 7) is 1.87. The van der Waals surface area contributed by atoms with Crippen molar-refractivity contribution in [1.82, 2.24) is 0 Å². The average Bonchev–Trinajstić information content (AvgIpc) is 2.25. The molecule has 0 fully saturated rings. The monoisotopic (exact) mass is 393 g/mol. The lowest BCUT2D eigenvalue weighted by Gasteiger charge is -2.10. The minimum Gasteiger partial charge on any atom is -0.280 e. The number of anilines is 1. The standard InChI is InChI=1S/C13H10BrCl2NO2S/c1-8-2-9(14)4-12(3-8)17-20(18,19)13-6-10(15)5-11(16)7-13/h2-7,17H,1H3. The van der Waals surface area contributed by atoms with E-state index in [9.17, 15) is 8.42 Å². The first-order chi connectivity index (χ1) is 9.26. The van der Waals surface area contributed by atoms with Crippen molar-refractivity contribution in [2.45, 2.75) is 11.8 Å². The average molecular weight is 395 g/mol. The summed E-state index contributed by atoms with van der Waals surface area (Å²) in [4.78, 5) is 0.0210. The molecule has 0 aliphatic carbocycles. The van der Waals surface area contributed by atoms with E-state index in [-0.39, 0.29) is 14.9 Å². The van der Waals surface area contributed by atoms with Crippen LogP contribution in [0, 0.1) is 6.92 Å². The van der Waals surface area contributed by atoms with E-state index in [1.165, 1.54) is 18.2 Å². The second kappa shape index (κ2) is 5.93. The molecule has 1 N–H and O–H groups in total. The molecule has 2 aromatic carbocycles. The maximum Gasteiger partial charge on any atom is 0.261 e. The zero-order valence-electron chi connectivity index (χ0n) is 10.3. The van der Waals surface area contributed by atoms with Gasteiger partial charge in [-0.3, -0.25) is 4.72 Å². The van der Waals surface area contributed by atoms with Crippen LogP contribution in [0.3, 0.4) is 0 Å². The third kappa shape index (κ3) is 3.88. The van der Waals surface area contributed by atoms with Gasteiger partial charge >= 0.3 is 0 Å². The Morgan fingerprint density at radius 3 is 2.15 bits per heavy atom.